The van der Waals surface area contributed by atoms with Gasteiger partial charge in [-0.1, -0.05) is 0 Å². The first kappa shape index (κ1) is 14.4. The van der Waals surface area contributed by atoms with Crippen LogP contribution in [-0.2, 0) is 4.74 Å². The first-order valence-electron chi connectivity index (χ1n) is 5.92. The van der Waals surface area contributed by atoms with Gasteiger partial charge < -0.3 is 9.64 Å². The highest BCUT2D eigenvalue weighted by Crippen LogP contribution is 2.05. The smallest absolute Gasteiger partial charge is 0.323 e. The van der Waals surface area contributed by atoms with Crippen molar-refractivity contribution in [3.05, 3.63) is 24.1 Å². The summed E-state index contributed by atoms with van der Waals surface area (Å²) in [5.41, 5.74) is 0. The second kappa shape index (κ2) is 7.60. The van der Waals surface area contributed by atoms with Crippen molar-refractivity contribution in [3.63, 3.8) is 0 Å². The highest BCUT2D eigenvalue weighted by atomic mass is 19.1. The van der Waals surface area contributed by atoms with Gasteiger partial charge in [-0.15, -0.1) is 0 Å². The molecule has 1 rings (SSSR count). The molecule has 6 heteroatoms. The maximum Gasteiger partial charge on any atom is 0.323 e. The molecule has 0 fully saturated rings. The third-order valence-electron chi connectivity index (χ3n) is 2.34. The van der Waals surface area contributed by atoms with Crippen LogP contribution in [0.3, 0.4) is 0 Å². The number of amides is 2. The summed E-state index contributed by atoms with van der Waals surface area (Å²) in [5.74, 6) is -0.104. The van der Waals surface area contributed by atoms with Crippen LogP contribution >= 0.6 is 0 Å². The summed E-state index contributed by atoms with van der Waals surface area (Å²) in [6.45, 7) is 5.98. The zero-order valence-corrected chi connectivity index (χ0v) is 10.6. The van der Waals surface area contributed by atoms with Crippen molar-refractivity contribution in [3.8, 4) is 0 Å². The number of urea groups is 1. The van der Waals surface area contributed by atoms with Crippen LogP contribution in [0.5, 0.6) is 0 Å². The summed E-state index contributed by atoms with van der Waals surface area (Å²) in [6.07, 6.45) is 1.06. The zero-order valence-electron chi connectivity index (χ0n) is 10.6. The minimum Gasteiger partial charge on any atom is -0.380 e. The molecule has 100 valence electrons. The number of halogens is 1. The van der Waals surface area contributed by atoms with Crippen LogP contribution in [-0.4, -0.2) is 42.2 Å². The van der Waals surface area contributed by atoms with Crippen LogP contribution < -0.4 is 5.32 Å². The topological polar surface area (TPSA) is 54.5 Å². The van der Waals surface area contributed by atoms with Gasteiger partial charge in [0.25, 0.3) is 0 Å². The molecule has 0 saturated heterocycles. The molecular formula is C12H18FN3O2. The highest BCUT2D eigenvalue weighted by Gasteiger charge is 2.11. The van der Waals surface area contributed by atoms with Crippen molar-refractivity contribution in [1.82, 2.24) is 9.88 Å². The Bertz CT molecular complexity index is 370. The minimum atomic E-state index is -0.434. The number of nitrogens with one attached hydrogen (secondary N) is 1. The minimum absolute atomic E-state index is 0.267. The van der Waals surface area contributed by atoms with Gasteiger partial charge in [-0.2, -0.15) is 0 Å². The lowest BCUT2D eigenvalue weighted by Gasteiger charge is -2.20. The number of pyridine rings is 1. The number of hydrogen-bond acceptors (Lipinski definition) is 3. The van der Waals surface area contributed by atoms with Crippen molar-refractivity contribution in [1.29, 1.82) is 0 Å². The van der Waals surface area contributed by atoms with Gasteiger partial charge in [0.2, 0.25) is 0 Å². The quantitative estimate of drug-likeness (QED) is 0.792. The lowest BCUT2D eigenvalue weighted by atomic mass is 10.4. The predicted molar refractivity (Wildman–Crippen MR) is 67.0 cm³/mol. The molecule has 0 aliphatic rings. The maximum absolute atomic E-state index is 12.7. The van der Waals surface area contributed by atoms with Crippen LogP contribution in [0.1, 0.15) is 13.8 Å². The third-order valence-corrected chi connectivity index (χ3v) is 2.34. The van der Waals surface area contributed by atoms with E-state index in [9.17, 15) is 9.18 Å². The Morgan fingerprint density at radius 3 is 2.83 bits per heavy atom. The second-order valence-electron chi connectivity index (χ2n) is 3.57. The monoisotopic (exact) mass is 255 g/mol. The maximum atomic E-state index is 12.7. The van der Waals surface area contributed by atoms with Gasteiger partial charge >= 0.3 is 6.03 Å². The second-order valence-corrected chi connectivity index (χ2v) is 3.57. The summed E-state index contributed by atoms with van der Waals surface area (Å²) < 4.78 is 17.8. The van der Waals surface area contributed by atoms with E-state index in [1.165, 1.54) is 12.1 Å². The summed E-state index contributed by atoms with van der Waals surface area (Å²) in [7, 11) is 0. The van der Waals surface area contributed by atoms with Crippen molar-refractivity contribution < 1.29 is 13.9 Å². The van der Waals surface area contributed by atoms with Crippen LogP contribution in [0.25, 0.3) is 0 Å². The Balaban J connectivity index is 2.48. The molecule has 1 aromatic heterocycles. The molecule has 0 aliphatic carbocycles. The Labute approximate surface area is 106 Å². The Morgan fingerprint density at radius 2 is 2.28 bits per heavy atom. The van der Waals surface area contributed by atoms with Crippen LogP contribution in [0.4, 0.5) is 15.0 Å². The standard InChI is InChI=1S/C12H18FN3O2/c1-3-16(7-8-18-4-2)12(17)15-11-6-5-10(13)9-14-11/h5-6,9H,3-4,7-8H2,1-2H3,(H,14,15,17). The number of nitrogens with zero attached hydrogens (tertiary/aromatic N) is 2. The fourth-order valence-corrected chi connectivity index (χ4v) is 1.36. The normalized spacial score (nSPS) is 10.2. The van der Waals surface area contributed by atoms with Crippen LogP contribution in [0.2, 0.25) is 0 Å². The number of aromatic nitrogens is 1. The van der Waals surface area contributed by atoms with E-state index in [1.54, 1.807) is 4.90 Å². The van der Waals surface area contributed by atoms with E-state index in [0.717, 1.165) is 6.20 Å². The molecule has 2 amide bonds. The molecule has 0 atom stereocenters. The molecule has 1 N–H and O–H groups in total. The number of carbonyl (C=O) groups is 1. The molecule has 0 saturated carbocycles. The Hall–Kier alpha value is -1.69. The lowest BCUT2D eigenvalue weighted by molar-refractivity contribution is 0.123. The number of carbonyl (C=O) groups excluding carboxylic acids is 1. The molecule has 0 aromatic carbocycles. The molecule has 0 aliphatic heterocycles. The van der Waals surface area contributed by atoms with E-state index >= 15 is 0 Å². The number of hydrogen-bond donors (Lipinski definition) is 1. The highest BCUT2D eigenvalue weighted by molar-refractivity contribution is 5.88. The van der Waals surface area contributed by atoms with Crippen LogP contribution in [0.15, 0.2) is 18.3 Å². The molecule has 5 nitrogen and oxygen atoms in total. The van der Waals surface area contributed by atoms with E-state index in [4.69, 9.17) is 4.74 Å². The summed E-state index contributed by atoms with van der Waals surface area (Å²) in [6, 6.07) is 2.40. The SMILES string of the molecule is CCOCCN(CC)C(=O)Nc1ccc(F)cn1. The van der Waals surface area contributed by atoms with Crippen molar-refractivity contribution in [2.45, 2.75) is 13.8 Å². The number of ether oxygens (including phenoxy) is 1. The van der Waals surface area contributed by atoms with Gasteiger partial charge in [-0.05, 0) is 26.0 Å². The molecule has 0 unspecified atom stereocenters. The van der Waals surface area contributed by atoms with Crippen molar-refractivity contribution in [2.24, 2.45) is 0 Å². The molecule has 1 heterocycles. The van der Waals surface area contributed by atoms with E-state index in [1.807, 2.05) is 13.8 Å². The molecule has 18 heavy (non-hydrogen) atoms. The van der Waals surface area contributed by atoms with Crippen LogP contribution in [0, 0.1) is 5.82 Å². The lowest BCUT2D eigenvalue weighted by Crippen LogP contribution is -2.37. The van der Waals surface area contributed by atoms with Gasteiger partial charge in [0.15, 0.2) is 0 Å². The first-order valence-corrected chi connectivity index (χ1v) is 5.92. The van der Waals surface area contributed by atoms with Gasteiger partial charge in [-0.3, -0.25) is 5.32 Å². The van der Waals surface area contributed by atoms with E-state index in [2.05, 4.69) is 10.3 Å². The fraction of sp³-hybridized carbons (Fsp3) is 0.500. The largest absolute Gasteiger partial charge is 0.380 e. The van der Waals surface area contributed by atoms with Crippen molar-refractivity contribution >= 4 is 11.8 Å². The molecular weight excluding hydrogens is 237 g/mol. The zero-order chi connectivity index (χ0) is 13.4. The van der Waals surface area contributed by atoms with E-state index in [-0.39, 0.29) is 6.03 Å². The number of anilines is 1. The summed E-state index contributed by atoms with van der Waals surface area (Å²) in [4.78, 5) is 17.2. The number of rotatable bonds is 6. The summed E-state index contributed by atoms with van der Waals surface area (Å²) >= 11 is 0. The predicted octanol–water partition coefficient (Wildman–Crippen LogP) is 2.11. The van der Waals surface area contributed by atoms with E-state index in [0.29, 0.717) is 32.1 Å². The van der Waals surface area contributed by atoms with Gasteiger partial charge in [-0.25, -0.2) is 14.2 Å². The van der Waals surface area contributed by atoms with Gasteiger partial charge in [0, 0.05) is 19.7 Å². The van der Waals surface area contributed by atoms with Gasteiger partial charge in [0.05, 0.1) is 12.8 Å². The third kappa shape index (κ3) is 4.67. The molecule has 1 aromatic rings. The fourth-order valence-electron chi connectivity index (χ4n) is 1.36. The molecule has 0 radical (unpaired) electrons. The molecule has 0 bridgehead atoms. The van der Waals surface area contributed by atoms with Crippen molar-refractivity contribution in [2.75, 3.05) is 31.6 Å². The van der Waals surface area contributed by atoms with Gasteiger partial charge in [0.1, 0.15) is 11.6 Å². The molecule has 0 spiro atoms. The van der Waals surface area contributed by atoms with E-state index < -0.39 is 5.82 Å². The average Bonchev–Trinajstić information content (AvgIpc) is 2.37. The first-order chi connectivity index (χ1) is 8.67. The number of likely N-dealkylation sites (N-methyl/N-ethyl adjacent to an activating group) is 1. The Morgan fingerprint density at radius 1 is 1.50 bits per heavy atom. The Kier molecular flexibility index (Phi) is 6.07. The average molecular weight is 255 g/mol. The summed E-state index contributed by atoms with van der Waals surface area (Å²) in [5, 5.41) is 2.60.